The van der Waals surface area contributed by atoms with Crippen LogP contribution in [0.1, 0.15) is 32.0 Å². The highest BCUT2D eigenvalue weighted by molar-refractivity contribution is 14.0. The number of nitrogens with zero attached hydrogens (tertiary/aromatic N) is 5. The van der Waals surface area contributed by atoms with Crippen LogP contribution in [0.15, 0.2) is 29.3 Å². The van der Waals surface area contributed by atoms with Crippen LogP contribution < -0.4 is 10.6 Å². The van der Waals surface area contributed by atoms with Crippen LogP contribution in [0.2, 0.25) is 0 Å². The predicted octanol–water partition coefficient (Wildman–Crippen LogP) is 2.46. The Balaban J connectivity index is 0.00000363. The fourth-order valence-electron chi connectivity index (χ4n) is 4.14. The van der Waals surface area contributed by atoms with Gasteiger partial charge in [0.1, 0.15) is 12.4 Å². The van der Waals surface area contributed by atoms with E-state index in [1.54, 1.807) is 19.0 Å². The molecule has 1 unspecified atom stereocenters. The molecule has 0 bridgehead atoms. The topological polar surface area (TPSA) is 77.8 Å². The number of rotatable bonds is 9. The summed E-state index contributed by atoms with van der Waals surface area (Å²) in [5.41, 5.74) is 2.21. The summed E-state index contributed by atoms with van der Waals surface area (Å²) >= 11 is 0. The van der Waals surface area contributed by atoms with Crippen LogP contribution in [0, 0.1) is 6.92 Å². The van der Waals surface area contributed by atoms with E-state index < -0.39 is 0 Å². The molecule has 1 aromatic carbocycles. The first-order valence-corrected chi connectivity index (χ1v) is 11.4. The van der Waals surface area contributed by atoms with E-state index in [0.717, 1.165) is 43.9 Å². The average Bonchev–Trinajstić information content (AvgIpc) is 3.35. The van der Waals surface area contributed by atoms with E-state index in [9.17, 15) is 4.79 Å². The SMILES string of the molecule is CCN1CCCC1CNC(=NCC(=O)N(C)C)NCCCn1c(C)nc2ccccc21.I. The maximum atomic E-state index is 12.0. The Morgan fingerprint density at radius 1 is 1.28 bits per heavy atom. The van der Waals surface area contributed by atoms with E-state index in [1.165, 1.54) is 24.9 Å². The number of amides is 1. The van der Waals surface area contributed by atoms with E-state index in [-0.39, 0.29) is 36.4 Å². The van der Waals surface area contributed by atoms with Gasteiger partial charge in [0.2, 0.25) is 5.91 Å². The van der Waals surface area contributed by atoms with Crippen LogP contribution in [-0.2, 0) is 11.3 Å². The average molecular weight is 556 g/mol. The van der Waals surface area contributed by atoms with Crippen molar-refractivity contribution in [2.75, 3.05) is 46.8 Å². The zero-order chi connectivity index (χ0) is 22.2. The summed E-state index contributed by atoms with van der Waals surface area (Å²) in [6.07, 6.45) is 3.39. The minimum atomic E-state index is -0.00217. The fourth-order valence-corrected chi connectivity index (χ4v) is 4.14. The zero-order valence-corrected chi connectivity index (χ0v) is 22.1. The first-order valence-electron chi connectivity index (χ1n) is 11.4. The molecule has 0 saturated carbocycles. The molecule has 8 nitrogen and oxygen atoms in total. The lowest BCUT2D eigenvalue weighted by Gasteiger charge is -2.24. The van der Waals surface area contributed by atoms with Gasteiger partial charge in [0.15, 0.2) is 5.96 Å². The van der Waals surface area contributed by atoms with E-state index in [1.807, 2.05) is 6.07 Å². The number of hydrogen-bond acceptors (Lipinski definition) is 4. The number of aliphatic imine (C=N–C) groups is 1. The van der Waals surface area contributed by atoms with Gasteiger partial charge in [-0.1, -0.05) is 19.1 Å². The Hall–Kier alpha value is -1.88. The molecule has 1 fully saturated rings. The molecule has 1 aromatic heterocycles. The van der Waals surface area contributed by atoms with Crippen LogP contribution in [0.3, 0.4) is 0 Å². The number of imidazole rings is 1. The van der Waals surface area contributed by atoms with Crippen molar-refractivity contribution in [2.45, 2.75) is 45.7 Å². The van der Waals surface area contributed by atoms with Gasteiger partial charge >= 0.3 is 0 Å². The molecule has 178 valence electrons. The summed E-state index contributed by atoms with van der Waals surface area (Å²) in [7, 11) is 3.52. The standard InChI is InChI=1S/C23H37N7O.HI/c1-5-29-14-8-10-19(29)16-25-23(26-17-22(31)28(3)4)24-13-9-15-30-18(2)27-20-11-6-7-12-21(20)30;/h6-7,11-12,19H,5,8-10,13-17H2,1-4H3,(H2,24,25,26);1H. The number of benzene rings is 1. The van der Waals surface area contributed by atoms with Crippen molar-refractivity contribution in [1.82, 2.24) is 30.0 Å². The Labute approximate surface area is 208 Å². The van der Waals surface area contributed by atoms with E-state index in [4.69, 9.17) is 0 Å². The second kappa shape index (κ2) is 13.0. The molecule has 1 aliphatic heterocycles. The molecule has 1 aliphatic rings. The van der Waals surface area contributed by atoms with E-state index in [2.05, 4.69) is 62.1 Å². The molecule has 0 radical (unpaired) electrons. The number of carbonyl (C=O) groups is 1. The van der Waals surface area contributed by atoms with Crippen molar-refractivity contribution < 1.29 is 4.79 Å². The number of aryl methyl sites for hydroxylation is 2. The molecule has 9 heteroatoms. The summed E-state index contributed by atoms with van der Waals surface area (Å²) < 4.78 is 2.26. The number of likely N-dealkylation sites (tertiary alicyclic amines) is 1. The molecular formula is C23H38IN7O. The summed E-state index contributed by atoms with van der Waals surface area (Å²) in [6, 6.07) is 8.77. The normalized spacial score (nSPS) is 16.8. The van der Waals surface area contributed by atoms with Gasteiger partial charge in [-0.25, -0.2) is 9.98 Å². The van der Waals surface area contributed by atoms with Gasteiger partial charge in [0.25, 0.3) is 0 Å². The number of para-hydroxylation sites is 2. The lowest BCUT2D eigenvalue weighted by Crippen LogP contribution is -2.45. The predicted molar refractivity (Wildman–Crippen MR) is 142 cm³/mol. The summed E-state index contributed by atoms with van der Waals surface area (Å²) in [6.45, 7) is 9.16. The third kappa shape index (κ3) is 7.06. The summed E-state index contributed by atoms with van der Waals surface area (Å²) in [5.74, 6) is 1.74. The molecule has 0 spiro atoms. The van der Waals surface area contributed by atoms with Gasteiger partial charge in [-0.3, -0.25) is 9.69 Å². The third-order valence-electron chi connectivity index (χ3n) is 5.98. The Morgan fingerprint density at radius 3 is 2.81 bits per heavy atom. The number of carbonyl (C=O) groups excluding carboxylic acids is 1. The van der Waals surface area contributed by atoms with Crippen LogP contribution >= 0.6 is 24.0 Å². The van der Waals surface area contributed by atoms with Gasteiger partial charge in [0, 0.05) is 39.8 Å². The highest BCUT2D eigenvalue weighted by atomic mass is 127. The summed E-state index contributed by atoms with van der Waals surface area (Å²) in [4.78, 5) is 25.2. The van der Waals surface area contributed by atoms with Crippen LogP contribution in [-0.4, -0.2) is 84.1 Å². The van der Waals surface area contributed by atoms with E-state index >= 15 is 0 Å². The van der Waals surface area contributed by atoms with Crippen LogP contribution in [0.4, 0.5) is 0 Å². The van der Waals surface area contributed by atoms with Gasteiger partial charge in [-0.15, -0.1) is 24.0 Å². The monoisotopic (exact) mass is 555 g/mol. The maximum absolute atomic E-state index is 12.0. The fraction of sp³-hybridized carbons (Fsp3) is 0.609. The highest BCUT2D eigenvalue weighted by Crippen LogP contribution is 2.16. The molecule has 3 rings (SSSR count). The van der Waals surface area contributed by atoms with Gasteiger partial charge in [0.05, 0.1) is 11.0 Å². The van der Waals surface area contributed by atoms with Crippen molar-refractivity contribution in [1.29, 1.82) is 0 Å². The minimum Gasteiger partial charge on any atom is -0.356 e. The Bertz CT molecular complexity index is 896. The van der Waals surface area contributed by atoms with Crippen molar-refractivity contribution in [2.24, 2.45) is 4.99 Å². The van der Waals surface area contributed by atoms with Gasteiger partial charge < -0.3 is 20.1 Å². The number of fused-ring (bicyclic) bond motifs is 1. The van der Waals surface area contributed by atoms with Crippen molar-refractivity contribution >= 4 is 46.9 Å². The highest BCUT2D eigenvalue weighted by Gasteiger charge is 2.22. The van der Waals surface area contributed by atoms with Crippen molar-refractivity contribution in [3.63, 3.8) is 0 Å². The number of guanidine groups is 1. The maximum Gasteiger partial charge on any atom is 0.243 e. The molecule has 0 aliphatic carbocycles. The Morgan fingerprint density at radius 2 is 2.06 bits per heavy atom. The second-order valence-electron chi connectivity index (χ2n) is 8.34. The van der Waals surface area contributed by atoms with Crippen LogP contribution in [0.5, 0.6) is 0 Å². The minimum absolute atomic E-state index is 0. The quantitative estimate of drug-likeness (QED) is 0.215. The number of likely N-dealkylation sites (N-methyl/N-ethyl adjacent to an activating group) is 2. The smallest absolute Gasteiger partial charge is 0.243 e. The summed E-state index contributed by atoms with van der Waals surface area (Å²) in [5, 5.41) is 6.88. The molecule has 2 heterocycles. The number of nitrogens with one attached hydrogen (secondary N) is 2. The Kier molecular flexibility index (Phi) is 10.7. The molecule has 1 saturated heterocycles. The van der Waals surface area contributed by atoms with Gasteiger partial charge in [-0.05, 0) is 51.4 Å². The molecule has 1 atom stereocenters. The third-order valence-corrected chi connectivity index (χ3v) is 5.98. The number of aromatic nitrogens is 2. The molecule has 2 aromatic rings. The second-order valence-corrected chi connectivity index (χ2v) is 8.34. The first-order chi connectivity index (χ1) is 15.0. The van der Waals surface area contributed by atoms with Gasteiger partial charge in [-0.2, -0.15) is 0 Å². The molecule has 32 heavy (non-hydrogen) atoms. The number of halogens is 1. The lowest BCUT2D eigenvalue weighted by molar-refractivity contribution is -0.127. The largest absolute Gasteiger partial charge is 0.356 e. The molecule has 2 N–H and O–H groups in total. The van der Waals surface area contributed by atoms with Crippen LogP contribution in [0.25, 0.3) is 11.0 Å². The first kappa shape index (κ1) is 26.4. The van der Waals surface area contributed by atoms with Crippen molar-refractivity contribution in [3.05, 3.63) is 30.1 Å². The zero-order valence-electron chi connectivity index (χ0n) is 19.8. The lowest BCUT2D eigenvalue weighted by atomic mass is 10.2. The van der Waals surface area contributed by atoms with E-state index in [0.29, 0.717) is 12.0 Å². The van der Waals surface area contributed by atoms with Crippen molar-refractivity contribution in [3.8, 4) is 0 Å². The number of hydrogen-bond donors (Lipinski definition) is 2. The molecular weight excluding hydrogens is 517 g/mol. The molecule has 1 amide bonds.